The molecule has 110 heavy (non-hydrogen) atoms. The molecule has 3 heterocycles. The second kappa shape index (κ2) is 37.8. The van der Waals surface area contributed by atoms with E-state index >= 15 is 51.1 Å². The van der Waals surface area contributed by atoms with Gasteiger partial charge in [-0.3, -0.25) is 52.7 Å². The first-order valence-electron chi connectivity index (χ1n) is 39.3. The van der Waals surface area contributed by atoms with Gasteiger partial charge in [0.2, 0.25) is 65.0 Å². The van der Waals surface area contributed by atoms with Crippen LogP contribution in [0, 0.1) is 41.4 Å². The van der Waals surface area contributed by atoms with Gasteiger partial charge in [-0.15, -0.1) is 0 Å². The number of amides is 11. The lowest BCUT2D eigenvalue weighted by atomic mass is 9.71. The summed E-state index contributed by atoms with van der Waals surface area (Å²) in [6.45, 7) is 2.48. The Bertz CT molecular complexity index is 3260. The van der Waals surface area contributed by atoms with Crippen LogP contribution in [-0.4, -0.2) is 284 Å². The van der Waals surface area contributed by atoms with Crippen LogP contribution in [0.4, 0.5) is 43.9 Å². The predicted molar refractivity (Wildman–Crippen MR) is 382 cm³/mol. The van der Waals surface area contributed by atoms with Crippen molar-refractivity contribution in [3.8, 4) is 0 Å². The number of fused-ring (bicyclic) bond motifs is 3. The Kier molecular flexibility index (Phi) is 30.5. The molecule has 0 aromatic carbocycles. The van der Waals surface area contributed by atoms with Crippen LogP contribution in [0.3, 0.4) is 0 Å². The molecule has 8 rings (SSSR count). The van der Waals surface area contributed by atoms with E-state index < -0.39 is 249 Å². The molecule has 0 aromatic heterocycles. The van der Waals surface area contributed by atoms with Gasteiger partial charge in [0.15, 0.2) is 0 Å². The first kappa shape index (κ1) is 88.7. The monoisotopic (exact) mass is 1580 g/mol. The Labute approximate surface area is 638 Å². The number of nitrogens with one attached hydrogen (secondary N) is 3. The molecule has 12 atom stereocenters. The van der Waals surface area contributed by atoms with E-state index in [1.807, 2.05) is 0 Å². The lowest BCUT2D eigenvalue weighted by molar-refractivity contribution is -0.219. The van der Waals surface area contributed by atoms with Crippen molar-refractivity contribution in [2.24, 2.45) is 41.4 Å². The van der Waals surface area contributed by atoms with Crippen LogP contribution >= 0.6 is 0 Å². The Morgan fingerprint density at radius 2 is 1.21 bits per heavy atom. The lowest BCUT2D eigenvalue weighted by Crippen LogP contribution is -2.72. The van der Waals surface area contributed by atoms with E-state index in [1.54, 1.807) is 32.9 Å². The molecule has 24 nitrogen and oxygen atoms in total. The molecule has 5 aliphatic carbocycles. The van der Waals surface area contributed by atoms with Crippen LogP contribution in [-0.2, 0) is 62.2 Å². The topological polar surface area (TPSA) is 268 Å². The number of likely N-dealkylation sites (N-methyl/N-ethyl adjacent to an activating group) is 6. The highest BCUT2D eigenvalue weighted by Crippen LogP contribution is 2.49. The zero-order chi connectivity index (χ0) is 81.2. The molecule has 7 fully saturated rings. The molecular weight excluding hydrogens is 1460 g/mol. The highest BCUT2D eigenvalue weighted by atomic mass is 19.4. The summed E-state index contributed by atoms with van der Waals surface area (Å²) < 4.78 is 158. The molecular formula is C76H115F10N11O13. The Balaban J connectivity index is 1.21. The molecule has 11 amide bonds. The molecule has 0 radical (unpaired) electrons. The van der Waals surface area contributed by atoms with Crippen molar-refractivity contribution in [3.05, 3.63) is 12.2 Å². The van der Waals surface area contributed by atoms with E-state index in [0.29, 0.717) is 44.9 Å². The first-order chi connectivity index (χ1) is 51.7. The zero-order valence-electron chi connectivity index (χ0n) is 65.1. The van der Waals surface area contributed by atoms with E-state index in [0.717, 1.165) is 48.7 Å². The average Bonchev–Trinajstić information content (AvgIpc) is 0.905. The summed E-state index contributed by atoms with van der Waals surface area (Å²) in [7, 11) is 9.26. The van der Waals surface area contributed by atoms with Gasteiger partial charge >= 0.3 is 12.4 Å². The smallest absolute Gasteiger partial charge is 0.382 e. The number of alkyl halides is 10. The van der Waals surface area contributed by atoms with Crippen LogP contribution in [0.2, 0.25) is 0 Å². The molecule has 3 N–H and O–H groups in total. The van der Waals surface area contributed by atoms with Crippen molar-refractivity contribution < 1.29 is 106 Å². The number of nitrogens with zero attached hydrogens (tertiary/aromatic N) is 8. The summed E-state index contributed by atoms with van der Waals surface area (Å²) in [5.41, 5.74) is -2.43. The summed E-state index contributed by atoms with van der Waals surface area (Å²) in [4.78, 5) is 176. The highest BCUT2D eigenvalue weighted by Gasteiger charge is 2.65. The Hall–Kier alpha value is -6.87. The maximum atomic E-state index is 15.8. The average molecular weight is 1580 g/mol. The lowest BCUT2D eigenvalue weighted by Gasteiger charge is -2.50. The summed E-state index contributed by atoms with van der Waals surface area (Å²) >= 11 is 0. The third-order valence-corrected chi connectivity index (χ3v) is 25.0. The molecule has 34 heteroatoms. The molecule has 1 spiro atoms. The van der Waals surface area contributed by atoms with Crippen LogP contribution in [0.15, 0.2) is 12.2 Å². The van der Waals surface area contributed by atoms with Gasteiger partial charge in [-0.2, -0.15) is 26.3 Å². The van der Waals surface area contributed by atoms with Gasteiger partial charge < -0.3 is 64.6 Å². The highest BCUT2D eigenvalue weighted by molar-refractivity contribution is 6.00. The quantitative estimate of drug-likeness (QED) is 0.118. The maximum absolute atomic E-state index is 15.8. The number of carbonyl (C=O) groups excluding carboxylic acids is 11. The number of ether oxygens (including phenoxy) is 2. The van der Waals surface area contributed by atoms with Crippen molar-refractivity contribution >= 4 is 65.0 Å². The van der Waals surface area contributed by atoms with Gasteiger partial charge in [-0.25, -0.2) is 17.6 Å². The van der Waals surface area contributed by atoms with E-state index in [2.05, 4.69) is 16.0 Å². The number of rotatable bonds is 13. The Morgan fingerprint density at radius 1 is 0.600 bits per heavy atom. The van der Waals surface area contributed by atoms with Crippen LogP contribution < -0.4 is 16.0 Å². The third kappa shape index (κ3) is 21.3. The van der Waals surface area contributed by atoms with Crippen molar-refractivity contribution in [1.29, 1.82) is 0 Å². The fourth-order valence-corrected chi connectivity index (χ4v) is 18.3. The van der Waals surface area contributed by atoms with E-state index in [4.69, 9.17) is 9.47 Å². The molecule has 0 aromatic rings. The van der Waals surface area contributed by atoms with Crippen molar-refractivity contribution in [2.75, 3.05) is 88.8 Å². The molecule has 2 bridgehead atoms. The van der Waals surface area contributed by atoms with Crippen LogP contribution in [0.25, 0.3) is 0 Å². The largest absolute Gasteiger partial charge is 0.397 e. The normalized spacial score (nSPS) is 33.1. The first-order valence-corrected chi connectivity index (χ1v) is 39.3. The second-order valence-corrected chi connectivity index (χ2v) is 32.6. The summed E-state index contributed by atoms with van der Waals surface area (Å²) in [5.74, 6) is -21.0. The fourth-order valence-electron chi connectivity index (χ4n) is 18.3. The van der Waals surface area contributed by atoms with Gasteiger partial charge in [-0.05, 0) is 133 Å². The van der Waals surface area contributed by atoms with Crippen LogP contribution in [0.1, 0.15) is 181 Å². The van der Waals surface area contributed by atoms with Gasteiger partial charge in [0, 0.05) is 101 Å². The summed E-state index contributed by atoms with van der Waals surface area (Å²) in [6.07, 6.45) is -13.6. The number of halogens is 10. The number of carbonyl (C=O) groups is 11. The predicted octanol–water partition coefficient (Wildman–Crippen LogP) is 7.69. The number of hydrogen-bond donors (Lipinski definition) is 3. The second-order valence-electron chi connectivity index (χ2n) is 32.6. The van der Waals surface area contributed by atoms with E-state index in [-0.39, 0.29) is 83.5 Å². The molecule has 3 aliphatic heterocycles. The molecule has 5 saturated carbocycles. The maximum Gasteiger partial charge on any atom is 0.397 e. The Morgan fingerprint density at radius 3 is 1.79 bits per heavy atom. The SMILES string of the molecule is CCO[C@@H]1C[C@H]2C(=O)NC3(CC(F)(F)C3)C(=O)N(C)[C@@H](C3CCCC3)C(=O)N(C)[C@@H](C3CCCCC3)CC(=O)N(C)[C@@H](COC)C(=O)N[C@@H]([C@@H](C)CC)C(=O)N(C)CC(=O)N(C)[C@H]3C/C=C\CCN(C3=O)[C@@H](CC3CCC(C(F)(F)F)CC3)C(=O)N(C)CC(=O)N[C@@H](CCC3CC(F)C(C(F)(F)F)C(F)C3)C(=O)N2C1. The van der Waals surface area contributed by atoms with E-state index in [9.17, 15) is 45.5 Å². The standard InChI is InChI=1S/C76H115F10N11O13/c1-11-44(3)63-70(106)91(5)40-61(100)92(6)54-25-17-14-20-32-96(69(54)105)57(35-45-26-29-49(30-27-45)75(81,82)83)68(104)90(4)39-59(98)87-53(31-28-46-33-51(77)62(52(78)34-46)76(84,85)86)67(103)97-38-50(110-12-2)36-56(97)66(102)89-73(42-74(79,80)43-73)72(108)95(9)64(48-23-18-19-24-48)71(107)94(8)55(47-21-15-13-16-22-47)37-60(99)93(7)58(41-109-10)65(101)88-63/h14,17,44-58,62-64H,11-13,15-16,18-43H2,1-10H3,(H,87,98)(H,88,101)(H,89,102)/b17-14-/t44-,45?,46?,49?,50+,51?,52?,53-,54-,55+,56-,57-,58-,62?,63-,64-/m0/s1. The molecule has 2 unspecified atom stereocenters. The van der Waals surface area contributed by atoms with Crippen molar-refractivity contribution in [2.45, 2.75) is 272 Å². The molecule has 8 aliphatic rings. The van der Waals surface area contributed by atoms with Gasteiger partial charge in [0.1, 0.15) is 66.1 Å². The number of methoxy groups -OCH3 is 1. The zero-order valence-corrected chi connectivity index (χ0v) is 65.1. The summed E-state index contributed by atoms with van der Waals surface area (Å²) in [6, 6.07) is -11.4. The van der Waals surface area contributed by atoms with Crippen LogP contribution in [0.5, 0.6) is 0 Å². The summed E-state index contributed by atoms with van der Waals surface area (Å²) in [5, 5.41) is 7.94. The minimum absolute atomic E-state index is 0.00305. The van der Waals surface area contributed by atoms with Crippen molar-refractivity contribution in [1.82, 2.24) is 55.1 Å². The minimum Gasteiger partial charge on any atom is -0.382 e. The molecule has 622 valence electrons. The van der Waals surface area contributed by atoms with Gasteiger partial charge in [0.25, 0.3) is 5.92 Å². The minimum atomic E-state index is -5.25. The van der Waals surface area contributed by atoms with Gasteiger partial charge in [0.05, 0.1) is 31.7 Å². The van der Waals surface area contributed by atoms with E-state index in [1.165, 1.54) is 59.2 Å². The third-order valence-electron chi connectivity index (χ3n) is 25.0. The van der Waals surface area contributed by atoms with Gasteiger partial charge in [-0.1, -0.05) is 64.5 Å². The molecule has 2 saturated heterocycles. The number of hydrogen-bond acceptors (Lipinski definition) is 13. The van der Waals surface area contributed by atoms with Crippen molar-refractivity contribution in [3.63, 3.8) is 0 Å². The fraction of sp³-hybridized carbons (Fsp3) is 0.829.